The SMILES string of the molecule is Cc1ccc(CC(=O)C[C@H](CCC(=O)O)c2noc(C3CC(CC(C)(C)C)C3)c2C2CC2)c(C)n1.Cl. The van der Waals surface area contributed by atoms with Gasteiger partial charge in [-0.15, -0.1) is 12.4 Å². The van der Waals surface area contributed by atoms with Crippen LogP contribution in [-0.2, 0) is 16.0 Å². The average molecular weight is 517 g/mol. The number of carboxylic acids is 1. The molecule has 36 heavy (non-hydrogen) atoms. The van der Waals surface area contributed by atoms with E-state index in [9.17, 15) is 14.7 Å². The number of aromatic nitrogens is 2. The van der Waals surface area contributed by atoms with Gasteiger partial charge < -0.3 is 9.63 Å². The van der Waals surface area contributed by atoms with Crippen LogP contribution in [0.25, 0.3) is 0 Å². The maximum absolute atomic E-state index is 13.1. The number of aryl methyl sites for hydroxylation is 2. The van der Waals surface area contributed by atoms with Gasteiger partial charge in [-0.2, -0.15) is 0 Å². The minimum Gasteiger partial charge on any atom is -0.481 e. The van der Waals surface area contributed by atoms with Gasteiger partial charge >= 0.3 is 5.97 Å². The number of pyridine rings is 1. The molecular weight excluding hydrogens is 476 g/mol. The predicted octanol–water partition coefficient (Wildman–Crippen LogP) is 7.07. The molecule has 0 spiro atoms. The number of hydrogen-bond acceptors (Lipinski definition) is 5. The average Bonchev–Trinajstić information content (AvgIpc) is 3.47. The van der Waals surface area contributed by atoms with Crippen molar-refractivity contribution in [1.29, 1.82) is 0 Å². The van der Waals surface area contributed by atoms with Crippen molar-refractivity contribution in [2.75, 3.05) is 0 Å². The molecule has 0 radical (unpaired) electrons. The lowest BCUT2D eigenvalue weighted by molar-refractivity contribution is -0.137. The van der Waals surface area contributed by atoms with Gasteiger partial charge in [0.15, 0.2) is 0 Å². The molecular formula is C29H41ClN2O4. The highest BCUT2D eigenvalue weighted by Gasteiger charge is 2.42. The number of nitrogens with zero attached hydrogens (tertiary/aromatic N) is 2. The van der Waals surface area contributed by atoms with E-state index in [4.69, 9.17) is 4.52 Å². The Labute approximate surface area is 221 Å². The molecule has 0 unspecified atom stereocenters. The number of carboxylic acid groups (broad SMARTS) is 1. The standard InChI is InChI=1S/C29H40N2O4.ClH/c1-17-6-7-21(18(2)30-17)14-24(32)15-22(10-11-25(33)34)27-26(20-8-9-20)28(35-31-27)23-12-19(13-23)16-29(3,4)5;/h6-7,19-20,22-23H,8-16H2,1-5H3,(H,33,34);1H/t19?,22-,23?;/m0./s1. The van der Waals surface area contributed by atoms with Gasteiger partial charge in [0.25, 0.3) is 0 Å². The van der Waals surface area contributed by atoms with Crippen LogP contribution in [0.3, 0.4) is 0 Å². The highest BCUT2D eigenvalue weighted by molar-refractivity contribution is 5.85. The number of rotatable bonds is 11. The summed E-state index contributed by atoms with van der Waals surface area (Å²) in [6.45, 7) is 10.7. The summed E-state index contributed by atoms with van der Waals surface area (Å²) in [5.74, 6) is 1.59. The van der Waals surface area contributed by atoms with Gasteiger partial charge in [0.05, 0.1) is 5.69 Å². The summed E-state index contributed by atoms with van der Waals surface area (Å²) < 4.78 is 5.98. The second-order valence-electron chi connectivity index (χ2n) is 12.2. The first-order chi connectivity index (χ1) is 16.5. The van der Waals surface area contributed by atoms with E-state index in [1.807, 2.05) is 26.0 Å². The number of aliphatic carboxylic acids is 1. The van der Waals surface area contributed by atoms with Crippen LogP contribution in [0.1, 0.15) is 124 Å². The molecule has 7 heteroatoms. The van der Waals surface area contributed by atoms with E-state index < -0.39 is 5.97 Å². The summed E-state index contributed by atoms with van der Waals surface area (Å²) in [6, 6.07) is 3.90. The van der Waals surface area contributed by atoms with Crippen molar-refractivity contribution in [3.05, 3.63) is 46.1 Å². The van der Waals surface area contributed by atoms with Crippen LogP contribution in [0.5, 0.6) is 0 Å². The Kier molecular flexibility index (Phi) is 9.02. The van der Waals surface area contributed by atoms with Crippen molar-refractivity contribution in [2.45, 2.75) is 110 Å². The number of hydrogen-bond donors (Lipinski definition) is 1. The fraction of sp³-hybridized carbons (Fsp3) is 0.655. The van der Waals surface area contributed by atoms with Crippen molar-refractivity contribution >= 4 is 24.2 Å². The van der Waals surface area contributed by atoms with Crippen molar-refractivity contribution in [3.63, 3.8) is 0 Å². The Bertz CT molecular complexity index is 1080. The number of carbonyl (C=O) groups excluding carboxylic acids is 1. The molecule has 2 aromatic heterocycles. The Balaban J connectivity index is 0.00000361. The Morgan fingerprint density at radius 1 is 1.14 bits per heavy atom. The molecule has 1 atom stereocenters. The van der Waals surface area contributed by atoms with E-state index in [1.165, 1.54) is 12.0 Å². The number of halogens is 1. The molecule has 0 aromatic carbocycles. The zero-order chi connectivity index (χ0) is 25.3. The fourth-order valence-electron chi connectivity index (χ4n) is 5.77. The molecule has 2 aliphatic rings. The van der Waals surface area contributed by atoms with Crippen molar-refractivity contribution in [3.8, 4) is 0 Å². The quantitative estimate of drug-likeness (QED) is 0.343. The molecule has 198 valence electrons. The third kappa shape index (κ3) is 7.18. The molecule has 1 N–H and O–H groups in total. The summed E-state index contributed by atoms with van der Waals surface area (Å²) in [4.78, 5) is 29.0. The van der Waals surface area contributed by atoms with Crippen LogP contribution < -0.4 is 0 Å². The monoisotopic (exact) mass is 516 g/mol. The Hall–Kier alpha value is -2.21. The second-order valence-corrected chi connectivity index (χ2v) is 12.2. The van der Waals surface area contributed by atoms with Gasteiger partial charge in [0, 0.05) is 48.0 Å². The molecule has 0 aliphatic heterocycles. The van der Waals surface area contributed by atoms with E-state index in [-0.39, 0.29) is 36.9 Å². The molecule has 2 aromatic rings. The predicted molar refractivity (Wildman–Crippen MR) is 142 cm³/mol. The highest BCUT2D eigenvalue weighted by atomic mass is 35.5. The van der Waals surface area contributed by atoms with Crippen LogP contribution in [0.4, 0.5) is 0 Å². The number of ketones is 1. The normalized spacial score (nSPS) is 20.4. The van der Waals surface area contributed by atoms with Crippen LogP contribution in [0.15, 0.2) is 16.7 Å². The summed E-state index contributed by atoms with van der Waals surface area (Å²) in [5.41, 5.74) is 5.10. The maximum atomic E-state index is 13.1. The lowest BCUT2D eigenvalue weighted by atomic mass is 9.66. The first-order valence-electron chi connectivity index (χ1n) is 13.2. The molecule has 0 bridgehead atoms. The summed E-state index contributed by atoms with van der Waals surface area (Å²) >= 11 is 0. The molecule has 2 fully saturated rings. The van der Waals surface area contributed by atoms with Crippen LogP contribution in [-0.4, -0.2) is 27.0 Å². The molecule has 2 aliphatic carbocycles. The molecule has 4 rings (SSSR count). The number of Topliss-reactive ketones (excluding diaryl/α,β-unsaturated/α-hetero) is 1. The first-order valence-corrected chi connectivity index (χ1v) is 13.2. The maximum Gasteiger partial charge on any atom is 0.303 e. The van der Waals surface area contributed by atoms with Crippen LogP contribution >= 0.6 is 12.4 Å². The fourth-order valence-corrected chi connectivity index (χ4v) is 5.77. The van der Waals surface area contributed by atoms with Crippen molar-refractivity contribution in [1.82, 2.24) is 10.1 Å². The summed E-state index contributed by atoms with van der Waals surface area (Å²) in [7, 11) is 0. The number of carbonyl (C=O) groups is 2. The van der Waals surface area contributed by atoms with Crippen LogP contribution in [0.2, 0.25) is 0 Å². The minimum absolute atomic E-state index is 0. The van der Waals surface area contributed by atoms with Gasteiger partial charge in [-0.3, -0.25) is 14.6 Å². The minimum atomic E-state index is -0.846. The third-order valence-electron chi connectivity index (χ3n) is 7.57. The largest absolute Gasteiger partial charge is 0.481 e. The zero-order valence-electron chi connectivity index (χ0n) is 22.3. The lowest BCUT2D eigenvalue weighted by Crippen LogP contribution is -2.26. The van der Waals surface area contributed by atoms with Gasteiger partial charge in [0.2, 0.25) is 0 Å². The molecule has 0 amide bonds. The van der Waals surface area contributed by atoms with E-state index >= 15 is 0 Å². The lowest BCUT2D eigenvalue weighted by Gasteiger charge is -2.38. The third-order valence-corrected chi connectivity index (χ3v) is 7.57. The van der Waals surface area contributed by atoms with Crippen molar-refractivity contribution in [2.24, 2.45) is 11.3 Å². The second kappa shape index (κ2) is 11.5. The zero-order valence-corrected chi connectivity index (χ0v) is 23.1. The highest BCUT2D eigenvalue weighted by Crippen LogP contribution is 2.53. The first kappa shape index (κ1) is 28.4. The summed E-state index contributed by atoms with van der Waals surface area (Å²) in [6.07, 6.45) is 6.72. The molecule has 0 saturated heterocycles. The smallest absolute Gasteiger partial charge is 0.303 e. The van der Waals surface area contributed by atoms with Crippen molar-refractivity contribution < 1.29 is 19.2 Å². The molecule has 6 nitrogen and oxygen atoms in total. The molecule has 2 heterocycles. The summed E-state index contributed by atoms with van der Waals surface area (Å²) in [5, 5.41) is 13.9. The van der Waals surface area contributed by atoms with Gasteiger partial charge in [-0.05, 0) is 81.3 Å². The van der Waals surface area contributed by atoms with Gasteiger partial charge in [-0.1, -0.05) is 32.0 Å². The van der Waals surface area contributed by atoms with E-state index in [1.54, 1.807) is 0 Å². The van der Waals surface area contributed by atoms with E-state index in [0.29, 0.717) is 30.1 Å². The van der Waals surface area contributed by atoms with Crippen LogP contribution in [0, 0.1) is 25.2 Å². The van der Waals surface area contributed by atoms with Gasteiger partial charge in [-0.25, -0.2) is 0 Å². The van der Waals surface area contributed by atoms with E-state index in [0.717, 1.165) is 60.0 Å². The molecule has 2 saturated carbocycles. The Morgan fingerprint density at radius 2 is 1.83 bits per heavy atom. The van der Waals surface area contributed by atoms with Gasteiger partial charge in [0.1, 0.15) is 11.5 Å². The topological polar surface area (TPSA) is 93.3 Å². The Morgan fingerprint density at radius 3 is 2.42 bits per heavy atom. The van der Waals surface area contributed by atoms with E-state index in [2.05, 4.69) is 30.9 Å².